The van der Waals surface area contributed by atoms with Gasteiger partial charge in [-0.05, 0) is 36.8 Å². The molecule has 4 nitrogen and oxygen atoms in total. The van der Waals surface area contributed by atoms with Crippen molar-refractivity contribution in [3.8, 4) is 5.75 Å². The van der Waals surface area contributed by atoms with Gasteiger partial charge in [0.1, 0.15) is 5.75 Å². The smallest absolute Gasteiger partial charge is 0.255 e. The maximum Gasteiger partial charge on any atom is 0.255 e. The molecule has 1 amide bonds. The average molecular weight is 270 g/mol. The topological polar surface area (TPSA) is 64.3 Å². The van der Waals surface area contributed by atoms with Crippen molar-refractivity contribution in [2.75, 3.05) is 12.3 Å². The first-order valence-electron chi connectivity index (χ1n) is 6.55. The Hall–Kier alpha value is -2.49. The molecule has 3 N–H and O–H groups in total. The van der Waals surface area contributed by atoms with Crippen molar-refractivity contribution < 1.29 is 9.53 Å². The largest absolute Gasteiger partial charge is 0.493 e. The summed E-state index contributed by atoms with van der Waals surface area (Å²) < 4.78 is 5.45. The molecule has 20 heavy (non-hydrogen) atoms. The van der Waals surface area contributed by atoms with Gasteiger partial charge in [0.15, 0.2) is 0 Å². The van der Waals surface area contributed by atoms with E-state index in [0.29, 0.717) is 30.2 Å². The molecule has 0 aromatic heterocycles. The summed E-state index contributed by atoms with van der Waals surface area (Å²) in [6.07, 6.45) is 0. The summed E-state index contributed by atoms with van der Waals surface area (Å²) in [7, 11) is 0. The third kappa shape index (κ3) is 3.51. The second-order valence-electron chi connectivity index (χ2n) is 4.35. The molecule has 4 heteroatoms. The Morgan fingerprint density at radius 1 is 1.15 bits per heavy atom. The molecule has 0 spiro atoms. The zero-order chi connectivity index (χ0) is 14.4. The van der Waals surface area contributed by atoms with Crippen LogP contribution in [0.3, 0.4) is 0 Å². The van der Waals surface area contributed by atoms with Crippen LogP contribution in [0.25, 0.3) is 0 Å². The minimum absolute atomic E-state index is 0.147. The zero-order valence-corrected chi connectivity index (χ0v) is 11.4. The number of para-hydroxylation sites is 1. The number of carbonyl (C=O) groups is 1. The predicted molar refractivity (Wildman–Crippen MR) is 79.6 cm³/mol. The van der Waals surface area contributed by atoms with Crippen LogP contribution in [0.4, 0.5) is 5.69 Å². The van der Waals surface area contributed by atoms with E-state index in [1.165, 1.54) is 0 Å². The van der Waals surface area contributed by atoms with E-state index in [1.807, 2.05) is 43.3 Å². The van der Waals surface area contributed by atoms with Crippen LogP contribution in [0.5, 0.6) is 5.75 Å². The van der Waals surface area contributed by atoms with Crippen molar-refractivity contribution in [1.29, 1.82) is 0 Å². The van der Waals surface area contributed by atoms with Crippen molar-refractivity contribution in [3.63, 3.8) is 0 Å². The molecule has 0 aliphatic rings. The molecule has 0 saturated heterocycles. The second kappa shape index (κ2) is 6.61. The number of nitrogen functional groups attached to an aromatic ring is 1. The van der Waals surface area contributed by atoms with Crippen LogP contribution in [0, 0.1) is 0 Å². The summed E-state index contributed by atoms with van der Waals surface area (Å²) >= 11 is 0. The van der Waals surface area contributed by atoms with Gasteiger partial charge < -0.3 is 15.8 Å². The van der Waals surface area contributed by atoms with Crippen molar-refractivity contribution in [3.05, 3.63) is 59.7 Å². The fraction of sp³-hybridized carbons (Fsp3) is 0.188. The summed E-state index contributed by atoms with van der Waals surface area (Å²) in [5, 5.41) is 2.87. The van der Waals surface area contributed by atoms with Crippen LogP contribution >= 0.6 is 0 Å². The number of nitrogens with one attached hydrogen (secondary N) is 1. The minimum atomic E-state index is -0.147. The molecule has 0 saturated carbocycles. The fourth-order valence-electron chi connectivity index (χ4n) is 1.85. The third-order valence-corrected chi connectivity index (χ3v) is 2.86. The Balaban J connectivity index is 2.03. The molecule has 0 atom stereocenters. The lowest BCUT2D eigenvalue weighted by atomic mass is 10.1. The van der Waals surface area contributed by atoms with Crippen molar-refractivity contribution in [2.45, 2.75) is 13.5 Å². The quantitative estimate of drug-likeness (QED) is 0.821. The van der Waals surface area contributed by atoms with Gasteiger partial charge in [-0.15, -0.1) is 0 Å². The number of rotatable bonds is 5. The molecule has 0 unspecified atom stereocenters. The molecule has 2 aromatic carbocycles. The van der Waals surface area contributed by atoms with Crippen molar-refractivity contribution in [2.24, 2.45) is 0 Å². The summed E-state index contributed by atoms with van der Waals surface area (Å²) in [6.45, 7) is 2.88. The second-order valence-corrected chi connectivity index (χ2v) is 4.35. The summed E-state index contributed by atoms with van der Waals surface area (Å²) in [5.74, 6) is 0.454. The van der Waals surface area contributed by atoms with Gasteiger partial charge >= 0.3 is 0 Å². The number of hydrogen-bond acceptors (Lipinski definition) is 3. The Morgan fingerprint density at radius 2 is 1.85 bits per heavy atom. The van der Waals surface area contributed by atoms with Gasteiger partial charge in [-0.3, -0.25) is 4.79 Å². The van der Waals surface area contributed by atoms with Gasteiger partial charge in [0.05, 0.1) is 12.2 Å². The third-order valence-electron chi connectivity index (χ3n) is 2.86. The molecule has 0 aliphatic heterocycles. The number of anilines is 1. The van der Waals surface area contributed by atoms with Crippen LogP contribution < -0.4 is 15.8 Å². The highest BCUT2D eigenvalue weighted by Gasteiger charge is 2.11. The molecule has 0 heterocycles. The molecule has 104 valence electrons. The maximum atomic E-state index is 12.2. The van der Waals surface area contributed by atoms with Gasteiger partial charge in [0.2, 0.25) is 0 Å². The van der Waals surface area contributed by atoms with Crippen LogP contribution in [0.15, 0.2) is 48.5 Å². The van der Waals surface area contributed by atoms with Gasteiger partial charge in [0, 0.05) is 12.2 Å². The molecule has 2 rings (SSSR count). The predicted octanol–water partition coefficient (Wildman–Crippen LogP) is 2.60. The lowest BCUT2D eigenvalue weighted by Crippen LogP contribution is -2.23. The molecule has 0 bridgehead atoms. The first-order valence-corrected chi connectivity index (χ1v) is 6.55. The maximum absolute atomic E-state index is 12.2. The molecule has 2 aromatic rings. The van der Waals surface area contributed by atoms with E-state index in [1.54, 1.807) is 12.1 Å². The van der Waals surface area contributed by atoms with Gasteiger partial charge in [-0.25, -0.2) is 0 Å². The number of carbonyl (C=O) groups excluding carboxylic acids is 1. The molecule has 0 fully saturated rings. The Bertz CT molecular complexity index is 579. The lowest BCUT2D eigenvalue weighted by Gasteiger charge is -2.10. The highest BCUT2D eigenvalue weighted by Crippen LogP contribution is 2.17. The first-order chi connectivity index (χ1) is 9.70. The van der Waals surface area contributed by atoms with E-state index in [0.717, 1.165) is 5.56 Å². The van der Waals surface area contributed by atoms with Crippen LogP contribution in [-0.4, -0.2) is 12.5 Å². The van der Waals surface area contributed by atoms with E-state index in [2.05, 4.69) is 5.32 Å². The summed E-state index contributed by atoms with van der Waals surface area (Å²) in [6, 6.07) is 14.6. The van der Waals surface area contributed by atoms with E-state index in [-0.39, 0.29) is 5.91 Å². The summed E-state index contributed by atoms with van der Waals surface area (Å²) in [4.78, 5) is 12.2. The SMILES string of the molecule is CCOc1ccccc1C(=O)NCc1ccc(N)cc1. The minimum Gasteiger partial charge on any atom is -0.493 e. The number of benzene rings is 2. The molecular weight excluding hydrogens is 252 g/mol. The van der Waals surface area contributed by atoms with Crippen molar-refractivity contribution in [1.82, 2.24) is 5.32 Å². The van der Waals surface area contributed by atoms with Crippen LogP contribution in [0.1, 0.15) is 22.8 Å². The van der Waals surface area contributed by atoms with Gasteiger partial charge in [0.25, 0.3) is 5.91 Å². The monoisotopic (exact) mass is 270 g/mol. The first kappa shape index (κ1) is 13.9. The fourth-order valence-corrected chi connectivity index (χ4v) is 1.85. The number of amides is 1. The van der Waals surface area contributed by atoms with Crippen molar-refractivity contribution >= 4 is 11.6 Å². The van der Waals surface area contributed by atoms with E-state index < -0.39 is 0 Å². The number of hydrogen-bond donors (Lipinski definition) is 2. The zero-order valence-electron chi connectivity index (χ0n) is 11.4. The van der Waals surface area contributed by atoms with Gasteiger partial charge in [-0.2, -0.15) is 0 Å². The lowest BCUT2D eigenvalue weighted by molar-refractivity contribution is 0.0947. The van der Waals surface area contributed by atoms with Crippen LogP contribution in [-0.2, 0) is 6.54 Å². The van der Waals surface area contributed by atoms with E-state index in [9.17, 15) is 4.79 Å². The Labute approximate surface area is 118 Å². The molecule has 0 radical (unpaired) electrons. The summed E-state index contributed by atoms with van der Waals surface area (Å²) in [5.41, 5.74) is 7.88. The highest BCUT2D eigenvalue weighted by atomic mass is 16.5. The molecule has 0 aliphatic carbocycles. The Kier molecular flexibility index (Phi) is 4.60. The van der Waals surface area contributed by atoms with Crippen LogP contribution in [0.2, 0.25) is 0 Å². The standard InChI is InChI=1S/C16H18N2O2/c1-2-20-15-6-4-3-5-14(15)16(19)18-11-12-7-9-13(17)10-8-12/h3-10H,2,11,17H2,1H3,(H,18,19). The number of ether oxygens (including phenoxy) is 1. The Morgan fingerprint density at radius 3 is 2.55 bits per heavy atom. The van der Waals surface area contributed by atoms with E-state index >= 15 is 0 Å². The average Bonchev–Trinajstić information content (AvgIpc) is 2.47. The normalized spacial score (nSPS) is 10.1. The highest BCUT2D eigenvalue weighted by molar-refractivity contribution is 5.96. The van der Waals surface area contributed by atoms with E-state index in [4.69, 9.17) is 10.5 Å². The molecular formula is C16H18N2O2. The number of nitrogens with two attached hydrogens (primary N) is 1. The van der Waals surface area contributed by atoms with Gasteiger partial charge in [-0.1, -0.05) is 24.3 Å².